The van der Waals surface area contributed by atoms with Crippen LogP contribution < -0.4 is 5.73 Å². The molecule has 0 aromatic carbocycles. The van der Waals surface area contributed by atoms with Gasteiger partial charge in [0.25, 0.3) is 0 Å². The molecule has 0 amide bonds. The van der Waals surface area contributed by atoms with Gasteiger partial charge in [-0.25, -0.2) is 0 Å². The smallest absolute Gasteiger partial charge is 0.170 e. The van der Waals surface area contributed by atoms with Crippen LogP contribution in [-0.2, 0) is 9.47 Å². The van der Waals surface area contributed by atoms with E-state index in [-0.39, 0.29) is 6.29 Å². The summed E-state index contributed by atoms with van der Waals surface area (Å²) in [7, 11) is 0. The number of nitrogens with two attached hydrogens (primary N) is 1. The summed E-state index contributed by atoms with van der Waals surface area (Å²) in [5.41, 5.74) is 5.60. The van der Waals surface area contributed by atoms with Crippen molar-refractivity contribution >= 4 is 0 Å². The standard InChI is InChI=1S/C13H28N2O2/c1-3-16-13(17-4-2)11-15-9-6-12(5-8-14)7-10-15/h12-13H,3-11,14H2,1-2H3. The molecular formula is C13H28N2O2. The lowest BCUT2D eigenvalue weighted by Crippen LogP contribution is -2.41. The van der Waals surface area contributed by atoms with E-state index in [0.29, 0.717) is 13.2 Å². The second-order valence-electron chi connectivity index (χ2n) is 4.66. The Kier molecular flexibility index (Phi) is 7.77. The van der Waals surface area contributed by atoms with Crippen LogP contribution in [0.15, 0.2) is 0 Å². The average molecular weight is 244 g/mol. The predicted molar refractivity (Wildman–Crippen MR) is 69.9 cm³/mol. The molecule has 1 heterocycles. The minimum atomic E-state index is -0.0592. The fourth-order valence-electron chi connectivity index (χ4n) is 2.43. The summed E-state index contributed by atoms with van der Waals surface area (Å²) in [5.74, 6) is 0.828. The Bertz CT molecular complexity index is 176. The van der Waals surface area contributed by atoms with Gasteiger partial charge < -0.3 is 15.2 Å². The van der Waals surface area contributed by atoms with Crippen LogP contribution in [0, 0.1) is 5.92 Å². The number of hydrogen-bond acceptors (Lipinski definition) is 4. The van der Waals surface area contributed by atoms with Crippen molar-refractivity contribution in [3.8, 4) is 0 Å². The third-order valence-electron chi connectivity index (χ3n) is 3.39. The van der Waals surface area contributed by atoms with Crippen molar-refractivity contribution in [2.24, 2.45) is 11.7 Å². The number of rotatable bonds is 8. The molecule has 1 aliphatic heterocycles. The summed E-state index contributed by atoms with van der Waals surface area (Å²) >= 11 is 0. The number of piperidine rings is 1. The highest BCUT2D eigenvalue weighted by molar-refractivity contribution is 4.73. The van der Waals surface area contributed by atoms with Crippen LogP contribution in [0.2, 0.25) is 0 Å². The monoisotopic (exact) mass is 244 g/mol. The molecule has 0 bridgehead atoms. The van der Waals surface area contributed by atoms with Gasteiger partial charge in [-0.1, -0.05) is 0 Å². The van der Waals surface area contributed by atoms with Crippen molar-refractivity contribution in [3.63, 3.8) is 0 Å². The maximum atomic E-state index is 5.60. The number of hydrogen-bond donors (Lipinski definition) is 1. The second kappa shape index (κ2) is 8.86. The lowest BCUT2D eigenvalue weighted by Gasteiger charge is -2.33. The summed E-state index contributed by atoms with van der Waals surface area (Å²) in [5, 5.41) is 0. The Balaban J connectivity index is 2.22. The molecule has 0 atom stereocenters. The van der Waals surface area contributed by atoms with E-state index in [9.17, 15) is 0 Å². The van der Waals surface area contributed by atoms with Crippen molar-refractivity contribution in [1.82, 2.24) is 4.90 Å². The lowest BCUT2D eigenvalue weighted by molar-refractivity contribution is -0.149. The number of likely N-dealkylation sites (tertiary alicyclic amines) is 1. The second-order valence-corrected chi connectivity index (χ2v) is 4.66. The Morgan fingerprint density at radius 1 is 1.18 bits per heavy atom. The normalized spacial score (nSPS) is 19.1. The average Bonchev–Trinajstić information content (AvgIpc) is 2.33. The molecule has 0 aromatic rings. The zero-order chi connectivity index (χ0) is 12.5. The Hall–Kier alpha value is -0.160. The van der Waals surface area contributed by atoms with Crippen LogP contribution in [0.25, 0.3) is 0 Å². The van der Waals surface area contributed by atoms with Gasteiger partial charge in [-0.3, -0.25) is 4.90 Å². The molecule has 2 N–H and O–H groups in total. The van der Waals surface area contributed by atoms with Crippen molar-refractivity contribution in [1.29, 1.82) is 0 Å². The van der Waals surface area contributed by atoms with Gasteiger partial charge in [0.1, 0.15) is 0 Å². The largest absolute Gasteiger partial charge is 0.352 e. The minimum absolute atomic E-state index is 0.0592. The van der Waals surface area contributed by atoms with E-state index in [1.165, 1.54) is 19.3 Å². The molecule has 0 radical (unpaired) electrons. The summed E-state index contributed by atoms with van der Waals surface area (Å²) in [6, 6.07) is 0. The van der Waals surface area contributed by atoms with E-state index in [1.807, 2.05) is 13.8 Å². The molecule has 1 fully saturated rings. The van der Waals surface area contributed by atoms with E-state index < -0.39 is 0 Å². The fraction of sp³-hybridized carbons (Fsp3) is 1.00. The molecular weight excluding hydrogens is 216 g/mol. The Labute approximate surface area is 105 Å². The zero-order valence-corrected chi connectivity index (χ0v) is 11.4. The van der Waals surface area contributed by atoms with Crippen molar-refractivity contribution < 1.29 is 9.47 Å². The van der Waals surface area contributed by atoms with Gasteiger partial charge in [-0.15, -0.1) is 0 Å². The Morgan fingerprint density at radius 3 is 2.24 bits per heavy atom. The molecule has 4 heteroatoms. The lowest BCUT2D eigenvalue weighted by atomic mass is 9.94. The molecule has 0 aromatic heterocycles. The molecule has 17 heavy (non-hydrogen) atoms. The first-order valence-electron chi connectivity index (χ1n) is 6.95. The maximum absolute atomic E-state index is 5.60. The van der Waals surface area contributed by atoms with Crippen LogP contribution in [0.5, 0.6) is 0 Å². The highest BCUT2D eigenvalue weighted by atomic mass is 16.7. The molecule has 1 rings (SSSR count). The fourth-order valence-corrected chi connectivity index (χ4v) is 2.43. The van der Waals surface area contributed by atoms with Crippen LogP contribution in [0.3, 0.4) is 0 Å². The highest BCUT2D eigenvalue weighted by Gasteiger charge is 2.21. The summed E-state index contributed by atoms with van der Waals surface area (Å²) < 4.78 is 11.2. The third kappa shape index (κ3) is 5.82. The summed E-state index contributed by atoms with van der Waals surface area (Å²) in [6.07, 6.45) is 3.65. The van der Waals surface area contributed by atoms with Gasteiger partial charge in [-0.2, -0.15) is 0 Å². The van der Waals surface area contributed by atoms with Gasteiger partial charge in [0, 0.05) is 19.8 Å². The summed E-state index contributed by atoms with van der Waals surface area (Å²) in [6.45, 7) is 9.49. The van der Waals surface area contributed by atoms with Crippen molar-refractivity contribution in [2.45, 2.75) is 39.4 Å². The topological polar surface area (TPSA) is 47.7 Å². The van der Waals surface area contributed by atoms with E-state index >= 15 is 0 Å². The Morgan fingerprint density at radius 2 is 1.76 bits per heavy atom. The maximum Gasteiger partial charge on any atom is 0.170 e. The van der Waals surface area contributed by atoms with Crippen LogP contribution in [0.4, 0.5) is 0 Å². The molecule has 1 saturated heterocycles. The zero-order valence-electron chi connectivity index (χ0n) is 11.4. The van der Waals surface area contributed by atoms with E-state index in [1.54, 1.807) is 0 Å². The first-order valence-corrected chi connectivity index (χ1v) is 6.95. The van der Waals surface area contributed by atoms with Crippen LogP contribution in [-0.4, -0.2) is 50.6 Å². The molecule has 0 aliphatic carbocycles. The van der Waals surface area contributed by atoms with Crippen LogP contribution in [0.1, 0.15) is 33.1 Å². The van der Waals surface area contributed by atoms with E-state index in [2.05, 4.69) is 4.90 Å². The van der Waals surface area contributed by atoms with Gasteiger partial charge in [0.15, 0.2) is 6.29 Å². The molecule has 0 spiro atoms. The van der Waals surface area contributed by atoms with Crippen molar-refractivity contribution in [3.05, 3.63) is 0 Å². The summed E-state index contributed by atoms with van der Waals surface area (Å²) in [4.78, 5) is 2.45. The minimum Gasteiger partial charge on any atom is -0.352 e. The molecule has 0 unspecified atom stereocenters. The van der Waals surface area contributed by atoms with Crippen molar-refractivity contribution in [2.75, 3.05) is 39.4 Å². The molecule has 4 nitrogen and oxygen atoms in total. The molecule has 102 valence electrons. The highest BCUT2D eigenvalue weighted by Crippen LogP contribution is 2.20. The van der Waals surface area contributed by atoms with Gasteiger partial charge in [0.2, 0.25) is 0 Å². The number of nitrogens with zero attached hydrogens (tertiary/aromatic N) is 1. The van der Waals surface area contributed by atoms with E-state index in [4.69, 9.17) is 15.2 Å². The molecule has 1 aliphatic rings. The quantitative estimate of drug-likeness (QED) is 0.657. The van der Waals surface area contributed by atoms with Gasteiger partial charge in [-0.05, 0) is 58.7 Å². The van der Waals surface area contributed by atoms with Gasteiger partial charge >= 0.3 is 0 Å². The SMILES string of the molecule is CCOC(CN1CCC(CCN)CC1)OCC. The van der Waals surface area contributed by atoms with Crippen LogP contribution >= 0.6 is 0 Å². The third-order valence-corrected chi connectivity index (χ3v) is 3.39. The first-order chi connectivity index (χ1) is 8.30. The first kappa shape index (κ1) is 14.9. The predicted octanol–water partition coefficient (Wildman–Crippen LogP) is 1.45. The molecule has 0 saturated carbocycles. The van der Waals surface area contributed by atoms with Gasteiger partial charge in [0.05, 0.1) is 0 Å². The number of ether oxygens (including phenoxy) is 2. The van der Waals surface area contributed by atoms with E-state index in [0.717, 1.165) is 32.1 Å².